The van der Waals surface area contributed by atoms with Gasteiger partial charge in [-0.25, -0.2) is 8.42 Å². The first kappa shape index (κ1) is 24.1. The molecule has 0 unspecified atom stereocenters. The Bertz CT molecular complexity index is 994. The summed E-state index contributed by atoms with van der Waals surface area (Å²) < 4.78 is 24.7. The molecule has 31 heavy (non-hydrogen) atoms. The number of rotatable bonds is 11. The molecule has 0 aliphatic carbocycles. The first-order valence-corrected chi connectivity index (χ1v) is 11.5. The van der Waals surface area contributed by atoms with Gasteiger partial charge in [0, 0.05) is 12.8 Å². The topological polar surface area (TPSA) is 135 Å². The van der Waals surface area contributed by atoms with Crippen LogP contribution < -0.4 is 16.4 Å². The van der Waals surface area contributed by atoms with Gasteiger partial charge in [-0.15, -0.1) is 0 Å². The lowest BCUT2D eigenvalue weighted by molar-refractivity contribution is -0.129. The van der Waals surface area contributed by atoms with Crippen molar-refractivity contribution in [2.45, 2.75) is 43.2 Å². The van der Waals surface area contributed by atoms with Gasteiger partial charge in [0.15, 0.2) is 9.84 Å². The monoisotopic (exact) mass is 445 g/mol. The van der Waals surface area contributed by atoms with Gasteiger partial charge in [0.2, 0.25) is 17.7 Å². The van der Waals surface area contributed by atoms with Crippen molar-refractivity contribution in [3.8, 4) is 0 Å². The molecule has 4 N–H and O–H groups in total. The minimum absolute atomic E-state index is 0.0726. The third-order valence-corrected chi connectivity index (χ3v) is 6.48. The van der Waals surface area contributed by atoms with Crippen molar-refractivity contribution in [1.82, 2.24) is 10.6 Å². The highest BCUT2D eigenvalue weighted by Gasteiger charge is 2.23. The van der Waals surface area contributed by atoms with Gasteiger partial charge >= 0.3 is 0 Å². The van der Waals surface area contributed by atoms with E-state index in [2.05, 4.69) is 10.6 Å². The van der Waals surface area contributed by atoms with Gasteiger partial charge in [-0.05, 0) is 31.0 Å². The van der Waals surface area contributed by atoms with Gasteiger partial charge in [-0.1, -0.05) is 48.5 Å². The highest BCUT2D eigenvalue weighted by molar-refractivity contribution is 7.91. The van der Waals surface area contributed by atoms with Crippen molar-refractivity contribution < 1.29 is 22.8 Å². The molecule has 8 nitrogen and oxygen atoms in total. The molecule has 166 valence electrons. The Morgan fingerprint density at radius 1 is 0.871 bits per heavy atom. The lowest BCUT2D eigenvalue weighted by Crippen LogP contribution is -2.45. The average molecular weight is 446 g/mol. The van der Waals surface area contributed by atoms with Crippen LogP contribution in [-0.4, -0.2) is 37.9 Å². The summed E-state index contributed by atoms with van der Waals surface area (Å²) in [5, 5.41) is 5.22. The lowest BCUT2D eigenvalue weighted by atomic mass is 10.1. The highest BCUT2D eigenvalue weighted by atomic mass is 32.2. The summed E-state index contributed by atoms with van der Waals surface area (Å²) in [6.45, 7) is 1.84. The number of carbonyl (C=O) groups is 3. The molecule has 0 saturated carbocycles. The maximum atomic E-state index is 12.4. The largest absolute Gasteiger partial charge is 0.368 e. The lowest BCUT2D eigenvalue weighted by Gasteiger charge is -2.16. The molecular weight excluding hydrogens is 418 g/mol. The van der Waals surface area contributed by atoms with Crippen molar-refractivity contribution in [3.63, 3.8) is 0 Å². The van der Waals surface area contributed by atoms with Crippen molar-refractivity contribution >= 4 is 27.6 Å². The van der Waals surface area contributed by atoms with Crippen LogP contribution in [0.3, 0.4) is 0 Å². The van der Waals surface area contributed by atoms with Crippen molar-refractivity contribution in [2.24, 2.45) is 5.73 Å². The molecule has 0 spiro atoms. The van der Waals surface area contributed by atoms with Crippen LogP contribution in [0.1, 0.15) is 37.8 Å². The summed E-state index contributed by atoms with van der Waals surface area (Å²) in [6.07, 6.45) is -0.380. The summed E-state index contributed by atoms with van der Waals surface area (Å²) in [4.78, 5) is 36.1. The molecule has 0 heterocycles. The highest BCUT2D eigenvalue weighted by Crippen LogP contribution is 2.13. The van der Waals surface area contributed by atoms with Gasteiger partial charge < -0.3 is 16.4 Å². The Hall–Kier alpha value is -3.20. The van der Waals surface area contributed by atoms with Crippen molar-refractivity contribution in [3.05, 3.63) is 66.2 Å². The molecule has 3 amide bonds. The second-order valence-corrected chi connectivity index (χ2v) is 9.25. The predicted molar refractivity (Wildman–Crippen MR) is 116 cm³/mol. The molecule has 0 radical (unpaired) electrons. The van der Waals surface area contributed by atoms with Crippen LogP contribution in [0, 0.1) is 0 Å². The first-order chi connectivity index (χ1) is 14.7. The van der Waals surface area contributed by atoms with Crippen LogP contribution in [0.2, 0.25) is 0 Å². The van der Waals surface area contributed by atoms with E-state index >= 15 is 0 Å². The zero-order valence-electron chi connectivity index (χ0n) is 17.3. The van der Waals surface area contributed by atoms with Gasteiger partial charge in [0.05, 0.1) is 16.7 Å². The second kappa shape index (κ2) is 11.3. The number of hydrogen-bond acceptors (Lipinski definition) is 5. The van der Waals surface area contributed by atoms with Gasteiger partial charge in [-0.2, -0.15) is 0 Å². The van der Waals surface area contributed by atoms with Gasteiger partial charge in [0.1, 0.15) is 6.04 Å². The zero-order chi connectivity index (χ0) is 22.9. The Labute approximate surface area is 182 Å². The maximum Gasteiger partial charge on any atom is 0.240 e. The molecule has 2 atom stereocenters. The number of carbonyl (C=O) groups excluding carboxylic acids is 3. The number of nitrogens with one attached hydrogen (secondary N) is 2. The smallest absolute Gasteiger partial charge is 0.240 e. The van der Waals surface area contributed by atoms with E-state index in [-0.39, 0.29) is 41.9 Å². The second-order valence-electron chi connectivity index (χ2n) is 7.14. The molecule has 0 aliphatic rings. The molecular formula is C22H27N3O5S. The van der Waals surface area contributed by atoms with Crippen LogP contribution in [-0.2, 0) is 24.2 Å². The minimum atomic E-state index is -3.61. The van der Waals surface area contributed by atoms with E-state index < -0.39 is 27.7 Å². The van der Waals surface area contributed by atoms with E-state index in [1.807, 2.05) is 37.3 Å². The average Bonchev–Trinajstić information content (AvgIpc) is 2.76. The Morgan fingerprint density at radius 2 is 1.39 bits per heavy atom. The van der Waals surface area contributed by atoms with E-state index in [4.69, 9.17) is 5.73 Å². The number of benzene rings is 2. The normalized spacial score (nSPS) is 13.1. The van der Waals surface area contributed by atoms with Crippen molar-refractivity contribution in [1.29, 1.82) is 0 Å². The number of nitrogens with two attached hydrogens (primary N) is 1. The van der Waals surface area contributed by atoms with Crippen LogP contribution in [0.5, 0.6) is 0 Å². The summed E-state index contributed by atoms with van der Waals surface area (Å²) in [5.41, 5.74) is 6.25. The SMILES string of the molecule is C[C@@H](NC(=O)CCC(=O)N[C@@H](CCS(=O)(=O)c1ccccc1)C(N)=O)c1ccccc1. The Morgan fingerprint density at radius 3 is 1.94 bits per heavy atom. The molecule has 0 aliphatic heterocycles. The van der Waals surface area contributed by atoms with E-state index in [0.717, 1.165) is 5.56 Å². The molecule has 0 bridgehead atoms. The Balaban J connectivity index is 1.82. The van der Waals surface area contributed by atoms with E-state index in [9.17, 15) is 22.8 Å². The van der Waals surface area contributed by atoms with Crippen LogP contribution in [0.15, 0.2) is 65.6 Å². The molecule has 0 aromatic heterocycles. The zero-order valence-corrected chi connectivity index (χ0v) is 18.1. The molecule has 2 aromatic rings. The molecule has 0 fully saturated rings. The molecule has 2 rings (SSSR count). The van der Waals surface area contributed by atoms with Crippen LogP contribution in [0.25, 0.3) is 0 Å². The third kappa shape index (κ3) is 7.86. The van der Waals surface area contributed by atoms with Crippen LogP contribution >= 0.6 is 0 Å². The number of primary amides is 1. The molecule has 0 saturated heterocycles. The number of sulfone groups is 1. The molecule has 9 heteroatoms. The summed E-state index contributed by atoms with van der Waals surface area (Å²) in [6, 6.07) is 15.9. The Kier molecular flexibility index (Phi) is 8.75. The minimum Gasteiger partial charge on any atom is -0.368 e. The van der Waals surface area contributed by atoms with Gasteiger partial charge in [-0.3, -0.25) is 14.4 Å². The number of hydrogen-bond donors (Lipinski definition) is 3. The summed E-state index contributed by atoms with van der Waals surface area (Å²) in [7, 11) is -3.61. The fourth-order valence-corrected chi connectivity index (χ4v) is 4.29. The quantitative estimate of drug-likeness (QED) is 0.481. The predicted octanol–water partition coefficient (Wildman–Crippen LogP) is 1.48. The maximum absolute atomic E-state index is 12.4. The van der Waals surface area contributed by atoms with Crippen molar-refractivity contribution in [2.75, 3.05) is 5.75 Å². The number of amides is 3. The van der Waals surface area contributed by atoms with Gasteiger partial charge in [0.25, 0.3) is 0 Å². The summed E-state index contributed by atoms with van der Waals surface area (Å²) in [5.74, 6) is -2.05. The third-order valence-electron chi connectivity index (χ3n) is 4.71. The van der Waals surface area contributed by atoms with E-state index in [1.54, 1.807) is 18.2 Å². The molecule has 2 aromatic carbocycles. The fourth-order valence-electron chi connectivity index (χ4n) is 2.94. The summed E-state index contributed by atoms with van der Waals surface area (Å²) >= 11 is 0. The first-order valence-electron chi connectivity index (χ1n) is 9.90. The van der Waals surface area contributed by atoms with E-state index in [0.29, 0.717) is 0 Å². The standard InChI is InChI=1S/C22H27N3O5S/c1-16(17-8-4-2-5-9-17)24-20(26)12-13-21(27)25-19(22(23)28)14-15-31(29,30)18-10-6-3-7-11-18/h2-11,16,19H,12-15H2,1H3,(H2,23,28)(H,24,26)(H,25,27)/t16-,19+/m1/s1. The van der Waals surface area contributed by atoms with E-state index in [1.165, 1.54) is 12.1 Å². The van der Waals surface area contributed by atoms with Crippen LogP contribution in [0.4, 0.5) is 0 Å². The fraction of sp³-hybridized carbons (Fsp3) is 0.318.